The summed E-state index contributed by atoms with van der Waals surface area (Å²) in [5.41, 5.74) is 0. The first-order chi connectivity index (χ1) is 11.3. The topological polar surface area (TPSA) is 66.2 Å². The molecule has 6 unspecified atom stereocenters. The Hall–Kier alpha value is -0.520. The highest BCUT2D eigenvalue weighted by Crippen LogP contribution is 2.42. The maximum Gasteiger partial charge on any atom is 0.147 e. The zero-order valence-corrected chi connectivity index (χ0v) is 14.5. The van der Waals surface area contributed by atoms with E-state index in [4.69, 9.17) is 4.74 Å². The summed E-state index contributed by atoms with van der Waals surface area (Å²) in [6.45, 7) is 3.90. The highest BCUT2D eigenvalue weighted by atomic mass is 16.5. The monoisotopic (exact) mass is 323 g/mol. The van der Waals surface area contributed by atoms with Gasteiger partial charge in [-0.05, 0) is 56.9 Å². The number of hydrogen-bond donors (Lipinski definition) is 2. The minimum Gasteiger partial charge on any atom is -0.391 e. The second kappa shape index (κ2) is 8.54. The molecule has 2 saturated carbocycles. The number of rotatable bonds is 5. The molecule has 1 saturated heterocycles. The van der Waals surface area contributed by atoms with E-state index in [0.29, 0.717) is 5.92 Å². The summed E-state index contributed by atoms with van der Waals surface area (Å²) >= 11 is 0. The van der Waals surface area contributed by atoms with Crippen molar-refractivity contribution in [1.29, 1.82) is 0 Å². The van der Waals surface area contributed by atoms with Crippen LogP contribution >= 0.6 is 0 Å². The van der Waals surface area contributed by atoms with Crippen LogP contribution in [0, 0.1) is 11.8 Å². The van der Waals surface area contributed by atoms with Crippen LogP contribution in [-0.2, 0) is 4.74 Å². The van der Waals surface area contributed by atoms with Crippen LogP contribution < -0.4 is 5.32 Å². The zero-order chi connectivity index (χ0) is 16.1. The number of aliphatic hydroxyl groups is 1. The predicted octanol–water partition coefficient (Wildman–Crippen LogP) is 3.27. The van der Waals surface area contributed by atoms with Gasteiger partial charge in [0.25, 0.3) is 0 Å². The minimum atomic E-state index is -0.309. The molecular weight excluding hydrogens is 290 g/mol. The largest absolute Gasteiger partial charge is 0.391 e. The normalized spacial score (nSPS) is 41.8. The Morgan fingerprint density at radius 3 is 2.78 bits per heavy atom. The fourth-order valence-electron chi connectivity index (χ4n) is 4.60. The molecule has 1 heterocycles. The molecule has 6 atom stereocenters. The SMILES string of the molecule is CCCOC1CCCNC1N=NC1C(O)CCC2CCCCC21. The van der Waals surface area contributed by atoms with Gasteiger partial charge in [0.1, 0.15) is 6.17 Å². The van der Waals surface area contributed by atoms with Crippen LogP contribution in [0.2, 0.25) is 0 Å². The lowest BCUT2D eigenvalue weighted by molar-refractivity contribution is 0.00219. The lowest BCUT2D eigenvalue weighted by Gasteiger charge is -2.41. The molecular formula is C18H33N3O2. The van der Waals surface area contributed by atoms with Crippen LogP contribution in [-0.4, -0.2) is 42.7 Å². The van der Waals surface area contributed by atoms with Gasteiger partial charge in [-0.1, -0.05) is 26.2 Å². The lowest BCUT2D eigenvalue weighted by Crippen LogP contribution is -2.46. The number of piperidine rings is 1. The van der Waals surface area contributed by atoms with E-state index in [0.717, 1.165) is 44.8 Å². The smallest absolute Gasteiger partial charge is 0.147 e. The zero-order valence-electron chi connectivity index (χ0n) is 14.5. The van der Waals surface area contributed by atoms with E-state index >= 15 is 0 Å². The standard InChI is InChI=1S/C18H33N3O2/c1-2-12-23-16-8-5-11-19-18(16)21-20-17-14-7-4-3-6-13(14)9-10-15(17)22/h13-19,22H,2-12H2,1H3. The molecule has 0 amide bonds. The number of nitrogens with one attached hydrogen (secondary N) is 1. The fraction of sp³-hybridized carbons (Fsp3) is 1.00. The van der Waals surface area contributed by atoms with Crippen LogP contribution in [0.1, 0.15) is 64.7 Å². The highest BCUT2D eigenvalue weighted by Gasteiger charge is 2.40. The lowest BCUT2D eigenvalue weighted by atomic mass is 9.67. The molecule has 5 nitrogen and oxygen atoms in total. The molecule has 0 aromatic carbocycles. The van der Waals surface area contributed by atoms with Crippen molar-refractivity contribution < 1.29 is 9.84 Å². The predicted molar refractivity (Wildman–Crippen MR) is 90.4 cm³/mol. The number of nitrogens with zero attached hydrogens (tertiary/aromatic N) is 2. The van der Waals surface area contributed by atoms with Crippen LogP contribution in [0.15, 0.2) is 10.2 Å². The summed E-state index contributed by atoms with van der Waals surface area (Å²) in [7, 11) is 0. The van der Waals surface area contributed by atoms with Crippen molar-refractivity contribution in [3.63, 3.8) is 0 Å². The third-order valence-electron chi connectivity index (χ3n) is 5.87. The summed E-state index contributed by atoms with van der Waals surface area (Å²) in [6.07, 6.45) is 10.2. The van der Waals surface area contributed by atoms with Crippen molar-refractivity contribution in [3.8, 4) is 0 Å². The van der Waals surface area contributed by atoms with Gasteiger partial charge in [-0.25, -0.2) is 0 Å². The van der Waals surface area contributed by atoms with E-state index in [1.165, 1.54) is 32.1 Å². The third-order valence-corrected chi connectivity index (χ3v) is 5.87. The third kappa shape index (κ3) is 4.31. The van der Waals surface area contributed by atoms with Crippen LogP contribution in [0.3, 0.4) is 0 Å². The molecule has 1 aliphatic heterocycles. The van der Waals surface area contributed by atoms with Gasteiger partial charge in [-0.2, -0.15) is 10.2 Å². The maximum absolute atomic E-state index is 10.4. The number of ether oxygens (including phenoxy) is 1. The molecule has 5 heteroatoms. The van der Waals surface area contributed by atoms with E-state index in [9.17, 15) is 5.11 Å². The highest BCUT2D eigenvalue weighted by molar-refractivity contribution is 4.94. The Bertz CT molecular complexity index is 390. The maximum atomic E-state index is 10.4. The Morgan fingerprint density at radius 1 is 1.04 bits per heavy atom. The van der Waals surface area contributed by atoms with Crippen molar-refractivity contribution >= 4 is 0 Å². The summed E-state index contributed by atoms with van der Waals surface area (Å²) in [6, 6.07) is 0.00426. The Morgan fingerprint density at radius 2 is 1.91 bits per heavy atom. The van der Waals surface area contributed by atoms with Crippen molar-refractivity contribution in [2.45, 2.75) is 89.1 Å². The first-order valence-electron chi connectivity index (χ1n) is 9.72. The molecule has 0 spiro atoms. The van der Waals surface area contributed by atoms with Crippen LogP contribution in [0.25, 0.3) is 0 Å². The number of hydrogen-bond acceptors (Lipinski definition) is 5. The van der Waals surface area contributed by atoms with Crippen LogP contribution in [0.4, 0.5) is 0 Å². The molecule has 3 fully saturated rings. The number of azo groups is 1. The van der Waals surface area contributed by atoms with Crippen LogP contribution in [0.5, 0.6) is 0 Å². The molecule has 0 aromatic heterocycles. The van der Waals surface area contributed by atoms with Crippen molar-refractivity contribution in [2.75, 3.05) is 13.2 Å². The van der Waals surface area contributed by atoms with E-state index < -0.39 is 0 Å². The number of fused-ring (bicyclic) bond motifs is 1. The van der Waals surface area contributed by atoms with Gasteiger partial charge in [0, 0.05) is 6.61 Å². The minimum absolute atomic E-state index is 0.00426. The summed E-state index contributed by atoms with van der Waals surface area (Å²) in [5.74, 6) is 1.29. The van der Waals surface area contributed by atoms with Crippen molar-refractivity contribution in [1.82, 2.24) is 5.32 Å². The molecule has 2 aliphatic carbocycles. The molecule has 3 rings (SSSR count). The first-order valence-corrected chi connectivity index (χ1v) is 9.72. The summed E-state index contributed by atoms with van der Waals surface area (Å²) < 4.78 is 5.94. The fourth-order valence-corrected chi connectivity index (χ4v) is 4.60. The quantitative estimate of drug-likeness (QED) is 0.763. The summed E-state index contributed by atoms with van der Waals surface area (Å²) in [5, 5.41) is 23.2. The molecule has 2 N–H and O–H groups in total. The second-order valence-corrected chi connectivity index (χ2v) is 7.53. The Kier molecular flexibility index (Phi) is 6.43. The molecule has 0 aromatic rings. The van der Waals surface area contributed by atoms with Gasteiger partial charge in [0.2, 0.25) is 0 Å². The van der Waals surface area contributed by atoms with Gasteiger partial charge in [0.05, 0.1) is 18.2 Å². The average Bonchev–Trinajstić information content (AvgIpc) is 2.60. The van der Waals surface area contributed by atoms with Gasteiger partial charge >= 0.3 is 0 Å². The first kappa shape index (κ1) is 17.3. The van der Waals surface area contributed by atoms with E-state index in [2.05, 4.69) is 22.5 Å². The van der Waals surface area contributed by atoms with Crippen molar-refractivity contribution in [3.05, 3.63) is 0 Å². The van der Waals surface area contributed by atoms with Gasteiger partial charge < -0.3 is 9.84 Å². The van der Waals surface area contributed by atoms with E-state index in [1.807, 2.05) is 0 Å². The Labute approximate surface area is 140 Å². The molecule has 0 radical (unpaired) electrons. The second-order valence-electron chi connectivity index (χ2n) is 7.53. The molecule has 0 bridgehead atoms. The molecule has 3 aliphatic rings. The van der Waals surface area contributed by atoms with E-state index in [-0.39, 0.29) is 24.4 Å². The molecule has 23 heavy (non-hydrogen) atoms. The Balaban J connectivity index is 1.63. The van der Waals surface area contributed by atoms with E-state index in [1.54, 1.807) is 0 Å². The number of aliphatic hydroxyl groups excluding tert-OH is 1. The van der Waals surface area contributed by atoms with Gasteiger partial charge in [-0.15, -0.1) is 0 Å². The molecule has 132 valence electrons. The average molecular weight is 323 g/mol. The summed E-state index contributed by atoms with van der Waals surface area (Å²) in [4.78, 5) is 0. The van der Waals surface area contributed by atoms with Gasteiger partial charge in [-0.3, -0.25) is 5.32 Å². The van der Waals surface area contributed by atoms with Crippen molar-refractivity contribution in [2.24, 2.45) is 22.1 Å². The van der Waals surface area contributed by atoms with Gasteiger partial charge in [0.15, 0.2) is 0 Å².